The largest absolute Gasteiger partial charge is 0.339 e. The van der Waals surface area contributed by atoms with Crippen LogP contribution >= 0.6 is 0 Å². The van der Waals surface area contributed by atoms with Crippen LogP contribution in [0.5, 0.6) is 0 Å². The van der Waals surface area contributed by atoms with E-state index in [1.807, 2.05) is 0 Å². The van der Waals surface area contributed by atoms with E-state index in [0.29, 0.717) is 11.7 Å². The minimum absolute atomic E-state index is 0.158. The summed E-state index contributed by atoms with van der Waals surface area (Å²) in [5.74, 6) is 2.99. The molecular formula is C17H25NO2. The fourth-order valence-corrected chi connectivity index (χ4v) is 5.05. The van der Waals surface area contributed by atoms with Gasteiger partial charge in [0.15, 0.2) is 0 Å². The fraction of sp³-hybridized carbons (Fsp3) is 0.882. The van der Waals surface area contributed by atoms with E-state index in [1.54, 1.807) is 0 Å². The quantitative estimate of drug-likeness (QED) is 0.777. The van der Waals surface area contributed by atoms with Gasteiger partial charge in [-0.1, -0.05) is 6.42 Å². The van der Waals surface area contributed by atoms with Crippen molar-refractivity contribution in [1.82, 2.24) is 4.90 Å². The normalized spacial score (nSPS) is 43.7. The number of carbonyl (C=O) groups excluding carboxylic acids is 2. The van der Waals surface area contributed by atoms with Crippen LogP contribution in [-0.4, -0.2) is 29.2 Å². The zero-order valence-corrected chi connectivity index (χ0v) is 12.2. The third-order valence-electron chi connectivity index (χ3n) is 6.24. The summed E-state index contributed by atoms with van der Waals surface area (Å²) in [4.78, 5) is 27.1. The Morgan fingerprint density at radius 2 is 1.80 bits per heavy atom. The lowest BCUT2D eigenvalue weighted by atomic mass is 9.81. The lowest BCUT2D eigenvalue weighted by molar-refractivity contribution is -0.139. The molecule has 0 radical (unpaired) electrons. The lowest BCUT2D eigenvalue weighted by Gasteiger charge is -2.34. The molecule has 3 aliphatic carbocycles. The molecule has 3 saturated carbocycles. The van der Waals surface area contributed by atoms with Crippen LogP contribution in [0.25, 0.3) is 0 Å². The molecule has 1 aliphatic heterocycles. The number of ketones is 1. The third-order valence-corrected chi connectivity index (χ3v) is 6.24. The summed E-state index contributed by atoms with van der Waals surface area (Å²) in [5.41, 5.74) is 0. The van der Waals surface area contributed by atoms with Crippen LogP contribution in [-0.2, 0) is 9.59 Å². The molecule has 110 valence electrons. The van der Waals surface area contributed by atoms with Gasteiger partial charge in [0.25, 0.3) is 0 Å². The van der Waals surface area contributed by atoms with Crippen LogP contribution in [0.15, 0.2) is 0 Å². The highest BCUT2D eigenvalue weighted by atomic mass is 16.2. The van der Waals surface area contributed by atoms with E-state index in [4.69, 9.17) is 0 Å². The van der Waals surface area contributed by atoms with Gasteiger partial charge in [0.1, 0.15) is 5.78 Å². The minimum atomic E-state index is 0.158. The van der Waals surface area contributed by atoms with Gasteiger partial charge in [-0.2, -0.15) is 0 Å². The van der Waals surface area contributed by atoms with Gasteiger partial charge in [0.2, 0.25) is 5.91 Å². The molecule has 4 unspecified atom stereocenters. The molecule has 3 heteroatoms. The van der Waals surface area contributed by atoms with Gasteiger partial charge in [-0.25, -0.2) is 0 Å². The van der Waals surface area contributed by atoms with Gasteiger partial charge in [-0.15, -0.1) is 0 Å². The number of hydrogen-bond acceptors (Lipinski definition) is 2. The molecule has 1 amide bonds. The number of likely N-dealkylation sites (tertiary alicyclic amines) is 1. The highest BCUT2D eigenvalue weighted by Crippen LogP contribution is 2.55. The van der Waals surface area contributed by atoms with Crippen LogP contribution in [0.3, 0.4) is 0 Å². The van der Waals surface area contributed by atoms with E-state index < -0.39 is 0 Å². The second-order valence-electron chi connectivity index (χ2n) is 7.48. The molecule has 3 nitrogen and oxygen atoms in total. The Morgan fingerprint density at radius 1 is 1.00 bits per heavy atom. The molecule has 0 aromatic carbocycles. The Morgan fingerprint density at radius 3 is 2.55 bits per heavy atom. The number of nitrogens with zero attached hydrogens (tertiary/aromatic N) is 1. The second-order valence-corrected chi connectivity index (χ2v) is 7.48. The van der Waals surface area contributed by atoms with Gasteiger partial charge in [-0.3, -0.25) is 9.59 Å². The smallest absolute Gasteiger partial charge is 0.225 e. The molecule has 1 saturated heterocycles. The van der Waals surface area contributed by atoms with E-state index in [1.165, 1.54) is 12.8 Å². The number of carbonyl (C=O) groups is 2. The minimum Gasteiger partial charge on any atom is -0.339 e. The molecule has 4 atom stereocenters. The van der Waals surface area contributed by atoms with Crippen molar-refractivity contribution in [3.8, 4) is 0 Å². The predicted molar refractivity (Wildman–Crippen MR) is 76.0 cm³/mol. The summed E-state index contributed by atoms with van der Waals surface area (Å²) in [6.07, 6.45) is 9.77. The van der Waals surface area contributed by atoms with Crippen molar-refractivity contribution in [2.24, 2.45) is 23.7 Å². The standard InChI is InChI=1S/C17H25NO2/c19-16-6-2-1-4-14(16)15-5-3-7-18(15)17(20)13-9-11-8-12(11)10-13/h11-15H,1-10H2. The molecule has 0 aromatic heterocycles. The molecule has 20 heavy (non-hydrogen) atoms. The summed E-state index contributed by atoms with van der Waals surface area (Å²) >= 11 is 0. The van der Waals surface area contributed by atoms with E-state index in [-0.39, 0.29) is 17.9 Å². The molecule has 4 aliphatic rings. The number of fused-ring (bicyclic) bond motifs is 1. The van der Waals surface area contributed by atoms with Crippen LogP contribution in [0, 0.1) is 23.7 Å². The van der Waals surface area contributed by atoms with Crippen molar-refractivity contribution in [3.63, 3.8) is 0 Å². The van der Waals surface area contributed by atoms with Crippen molar-refractivity contribution in [1.29, 1.82) is 0 Å². The van der Waals surface area contributed by atoms with Crippen LogP contribution in [0.2, 0.25) is 0 Å². The molecule has 4 fully saturated rings. The fourth-order valence-electron chi connectivity index (χ4n) is 5.05. The maximum absolute atomic E-state index is 12.8. The molecule has 0 bridgehead atoms. The molecule has 0 aromatic rings. The molecule has 4 rings (SSSR count). The molecule has 0 spiro atoms. The summed E-state index contributed by atoms with van der Waals surface area (Å²) in [6.45, 7) is 0.902. The summed E-state index contributed by atoms with van der Waals surface area (Å²) in [5, 5.41) is 0. The first kappa shape index (κ1) is 12.8. The summed E-state index contributed by atoms with van der Waals surface area (Å²) in [6, 6.07) is 0.243. The van der Waals surface area contributed by atoms with Gasteiger partial charge < -0.3 is 4.90 Å². The van der Waals surface area contributed by atoms with Crippen LogP contribution < -0.4 is 0 Å². The van der Waals surface area contributed by atoms with Gasteiger partial charge in [-0.05, 0) is 56.8 Å². The second kappa shape index (κ2) is 4.85. The maximum Gasteiger partial charge on any atom is 0.225 e. The average molecular weight is 275 g/mol. The van der Waals surface area contributed by atoms with Crippen molar-refractivity contribution in [3.05, 3.63) is 0 Å². The van der Waals surface area contributed by atoms with E-state index in [2.05, 4.69) is 4.90 Å². The van der Waals surface area contributed by atoms with E-state index in [0.717, 1.165) is 63.3 Å². The summed E-state index contributed by atoms with van der Waals surface area (Å²) in [7, 11) is 0. The highest BCUT2D eigenvalue weighted by molar-refractivity contribution is 5.85. The van der Waals surface area contributed by atoms with Crippen molar-refractivity contribution in [2.75, 3.05) is 6.54 Å². The Bertz CT molecular complexity index is 423. The van der Waals surface area contributed by atoms with Crippen molar-refractivity contribution >= 4 is 11.7 Å². The third kappa shape index (κ3) is 2.10. The SMILES string of the molecule is O=C1CCCCC1C1CCCN1C(=O)C1CC2CC2C1. The number of hydrogen-bond donors (Lipinski definition) is 0. The molecule has 1 heterocycles. The number of amides is 1. The average Bonchev–Trinajstić information content (AvgIpc) is 2.91. The maximum atomic E-state index is 12.8. The van der Waals surface area contributed by atoms with Crippen LogP contribution in [0.1, 0.15) is 57.8 Å². The molecule has 0 N–H and O–H groups in total. The Labute approximate surface area is 121 Å². The zero-order valence-electron chi connectivity index (χ0n) is 12.2. The monoisotopic (exact) mass is 275 g/mol. The Kier molecular flexibility index (Phi) is 3.12. The first-order chi connectivity index (χ1) is 9.74. The molecular weight excluding hydrogens is 250 g/mol. The zero-order chi connectivity index (χ0) is 13.7. The van der Waals surface area contributed by atoms with E-state index >= 15 is 0 Å². The van der Waals surface area contributed by atoms with Gasteiger partial charge in [0.05, 0.1) is 0 Å². The highest BCUT2D eigenvalue weighted by Gasteiger charge is 2.50. The van der Waals surface area contributed by atoms with Gasteiger partial charge >= 0.3 is 0 Å². The first-order valence-electron chi connectivity index (χ1n) is 8.57. The summed E-state index contributed by atoms with van der Waals surface area (Å²) < 4.78 is 0. The number of rotatable bonds is 2. The van der Waals surface area contributed by atoms with E-state index in [9.17, 15) is 9.59 Å². The van der Waals surface area contributed by atoms with Crippen molar-refractivity contribution in [2.45, 2.75) is 63.8 Å². The van der Waals surface area contributed by atoms with Crippen LogP contribution in [0.4, 0.5) is 0 Å². The predicted octanol–water partition coefficient (Wildman–Crippen LogP) is 2.78. The Balaban J connectivity index is 1.46. The lowest BCUT2D eigenvalue weighted by Crippen LogP contribution is -2.45. The number of Topliss-reactive ketones (excluding diaryl/α,β-unsaturated/α-hetero) is 1. The van der Waals surface area contributed by atoms with Crippen molar-refractivity contribution < 1.29 is 9.59 Å². The topological polar surface area (TPSA) is 37.4 Å². The Hall–Kier alpha value is -0.860. The van der Waals surface area contributed by atoms with Gasteiger partial charge in [0, 0.05) is 30.8 Å². The first-order valence-corrected chi connectivity index (χ1v) is 8.57.